The van der Waals surface area contributed by atoms with E-state index in [1.54, 1.807) is 12.1 Å². The summed E-state index contributed by atoms with van der Waals surface area (Å²) in [6, 6.07) is 11.9. The molecule has 0 aliphatic carbocycles. The van der Waals surface area contributed by atoms with Gasteiger partial charge in [-0.05, 0) is 30.2 Å². The second-order valence-corrected chi connectivity index (χ2v) is 5.18. The van der Waals surface area contributed by atoms with Gasteiger partial charge in [0.1, 0.15) is 5.82 Å². The Kier molecular flexibility index (Phi) is 3.39. The van der Waals surface area contributed by atoms with Gasteiger partial charge < -0.3 is 5.73 Å². The van der Waals surface area contributed by atoms with Crippen molar-refractivity contribution in [2.75, 3.05) is 0 Å². The van der Waals surface area contributed by atoms with Gasteiger partial charge in [0.15, 0.2) is 11.9 Å². The highest BCUT2D eigenvalue weighted by Gasteiger charge is 2.24. The van der Waals surface area contributed by atoms with Crippen LogP contribution in [0.3, 0.4) is 0 Å². The molecule has 3 nitrogen and oxygen atoms in total. The number of nitrogens with zero attached hydrogens (tertiary/aromatic N) is 1. The molecule has 0 fully saturated rings. The summed E-state index contributed by atoms with van der Waals surface area (Å²) in [5, 5.41) is 0. The Morgan fingerprint density at radius 3 is 2.76 bits per heavy atom. The first-order valence-corrected chi connectivity index (χ1v) is 6.77. The van der Waals surface area contributed by atoms with Crippen LogP contribution in [0, 0.1) is 12.7 Å². The van der Waals surface area contributed by atoms with E-state index in [9.17, 15) is 9.18 Å². The van der Waals surface area contributed by atoms with Gasteiger partial charge in [-0.15, -0.1) is 0 Å². The highest BCUT2D eigenvalue weighted by atomic mass is 19.1. The van der Waals surface area contributed by atoms with Crippen molar-refractivity contribution in [3.63, 3.8) is 0 Å². The number of hydrogen-bond donors (Lipinski definition) is 1. The Morgan fingerprint density at radius 1 is 1.24 bits per heavy atom. The quantitative estimate of drug-likeness (QED) is 0.873. The molecule has 0 radical (unpaired) electrons. The third kappa shape index (κ3) is 2.50. The largest absolute Gasteiger partial charge is 0.303 e. The topological polar surface area (TPSA) is 55.5 Å². The van der Waals surface area contributed by atoms with Crippen molar-refractivity contribution in [3.05, 3.63) is 70.5 Å². The molecular weight excluding hydrogens is 267 g/mol. The highest BCUT2D eigenvalue weighted by Crippen LogP contribution is 2.23. The van der Waals surface area contributed by atoms with Crippen molar-refractivity contribution in [1.82, 2.24) is 0 Å². The summed E-state index contributed by atoms with van der Waals surface area (Å²) in [7, 11) is 0. The van der Waals surface area contributed by atoms with Crippen molar-refractivity contribution in [3.8, 4) is 0 Å². The fraction of sp³-hybridized carbons (Fsp3) is 0.176. The lowest BCUT2D eigenvalue weighted by Crippen LogP contribution is -2.29. The van der Waals surface area contributed by atoms with E-state index in [1.807, 2.05) is 25.1 Å². The number of ketones is 1. The van der Waals surface area contributed by atoms with Gasteiger partial charge in [0.2, 0.25) is 0 Å². The highest BCUT2D eigenvalue weighted by molar-refractivity contribution is 6.16. The minimum Gasteiger partial charge on any atom is -0.303 e. The molecule has 2 N–H and O–H groups in total. The second kappa shape index (κ2) is 5.22. The molecule has 21 heavy (non-hydrogen) atoms. The average Bonchev–Trinajstić information content (AvgIpc) is 2.58. The van der Waals surface area contributed by atoms with Crippen LogP contribution in [0.1, 0.15) is 22.3 Å². The number of aliphatic imine (C=N–C) groups is 1. The number of aryl methyl sites for hydroxylation is 1. The fourth-order valence-corrected chi connectivity index (χ4v) is 2.58. The molecule has 2 aromatic rings. The number of carbonyl (C=O) groups excluding carboxylic acids is 1. The molecule has 0 spiro atoms. The lowest BCUT2D eigenvalue weighted by atomic mass is 9.92. The van der Waals surface area contributed by atoms with Gasteiger partial charge in [0.05, 0.1) is 5.71 Å². The molecule has 4 heteroatoms. The van der Waals surface area contributed by atoms with Crippen LogP contribution in [-0.4, -0.2) is 17.7 Å². The van der Waals surface area contributed by atoms with Gasteiger partial charge >= 0.3 is 0 Å². The van der Waals surface area contributed by atoms with Crippen LogP contribution in [0.4, 0.5) is 4.39 Å². The lowest BCUT2D eigenvalue weighted by molar-refractivity contribution is -0.119. The van der Waals surface area contributed by atoms with Crippen molar-refractivity contribution >= 4 is 11.5 Å². The number of halogens is 1. The van der Waals surface area contributed by atoms with Crippen LogP contribution in [0.15, 0.2) is 47.5 Å². The Morgan fingerprint density at radius 2 is 2.00 bits per heavy atom. The molecule has 0 saturated carbocycles. The molecule has 0 amide bonds. The molecule has 1 heterocycles. The van der Waals surface area contributed by atoms with Crippen molar-refractivity contribution in [2.24, 2.45) is 10.7 Å². The smallest absolute Gasteiger partial charge is 0.175 e. The van der Waals surface area contributed by atoms with Crippen LogP contribution >= 0.6 is 0 Å². The normalized spacial score (nSPS) is 18.0. The van der Waals surface area contributed by atoms with Gasteiger partial charge in [-0.1, -0.05) is 30.3 Å². The van der Waals surface area contributed by atoms with Crippen molar-refractivity contribution < 1.29 is 9.18 Å². The van der Waals surface area contributed by atoms with Gasteiger partial charge in [0, 0.05) is 17.5 Å². The predicted molar refractivity (Wildman–Crippen MR) is 79.9 cm³/mol. The predicted octanol–water partition coefficient (Wildman–Crippen LogP) is 2.38. The number of carbonyl (C=O) groups is 1. The van der Waals surface area contributed by atoms with Crippen molar-refractivity contribution in [1.29, 1.82) is 0 Å². The first kappa shape index (κ1) is 13.6. The minimum atomic E-state index is -0.907. The molecule has 2 aromatic carbocycles. The number of hydrogen-bond acceptors (Lipinski definition) is 3. The van der Waals surface area contributed by atoms with Crippen LogP contribution in [0.25, 0.3) is 0 Å². The van der Waals surface area contributed by atoms with E-state index in [0.717, 1.165) is 16.7 Å². The molecular formula is C17H15FN2O. The number of fused-ring (bicyclic) bond motifs is 1. The molecule has 3 rings (SSSR count). The molecule has 1 aliphatic heterocycles. The van der Waals surface area contributed by atoms with E-state index in [-0.39, 0.29) is 18.0 Å². The van der Waals surface area contributed by atoms with E-state index in [2.05, 4.69) is 4.99 Å². The fourth-order valence-electron chi connectivity index (χ4n) is 2.58. The maximum Gasteiger partial charge on any atom is 0.175 e. The third-order valence-electron chi connectivity index (χ3n) is 3.71. The van der Waals surface area contributed by atoms with Crippen molar-refractivity contribution in [2.45, 2.75) is 19.5 Å². The number of nitrogens with two attached hydrogens (primary N) is 1. The Labute approximate surface area is 122 Å². The maximum atomic E-state index is 13.5. The molecule has 1 aliphatic rings. The summed E-state index contributed by atoms with van der Waals surface area (Å²) in [6.07, 6.45) is -0.652. The zero-order chi connectivity index (χ0) is 15.0. The lowest BCUT2D eigenvalue weighted by Gasteiger charge is -2.11. The summed E-state index contributed by atoms with van der Waals surface area (Å²) < 4.78 is 13.5. The number of benzene rings is 2. The second-order valence-electron chi connectivity index (χ2n) is 5.18. The Hall–Kier alpha value is -2.33. The average molecular weight is 282 g/mol. The van der Waals surface area contributed by atoms with Gasteiger partial charge in [-0.3, -0.25) is 9.79 Å². The van der Waals surface area contributed by atoms with E-state index >= 15 is 0 Å². The first-order chi connectivity index (χ1) is 10.1. The standard InChI is InChI=1S/C17H15FN2O/c1-10-4-2-7-13-14(10)9-15(21)17(19)20-16(13)11-5-3-6-12(18)8-11/h2-8,17H,9,19H2,1H3/t17-/m0/s1. The first-order valence-electron chi connectivity index (χ1n) is 6.77. The maximum absolute atomic E-state index is 13.5. The van der Waals surface area contributed by atoms with Gasteiger partial charge in [-0.2, -0.15) is 0 Å². The van der Waals surface area contributed by atoms with E-state index in [0.29, 0.717) is 11.3 Å². The summed E-state index contributed by atoms with van der Waals surface area (Å²) in [5.74, 6) is -0.467. The molecule has 1 atom stereocenters. The number of rotatable bonds is 1. The molecule has 106 valence electrons. The third-order valence-corrected chi connectivity index (χ3v) is 3.71. The van der Waals surface area contributed by atoms with Gasteiger partial charge in [0.25, 0.3) is 0 Å². The van der Waals surface area contributed by atoms with Crippen LogP contribution in [-0.2, 0) is 11.2 Å². The number of Topliss-reactive ketones (excluding diaryl/α,β-unsaturated/α-hetero) is 1. The zero-order valence-corrected chi connectivity index (χ0v) is 11.6. The van der Waals surface area contributed by atoms with Crippen LogP contribution in [0.5, 0.6) is 0 Å². The SMILES string of the molecule is Cc1cccc2c1CC(=O)[C@@H](N)N=C2c1cccc(F)c1. The summed E-state index contributed by atoms with van der Waals surface area (Å²) >= 11 is 0. The van der Waals surface area contributed by atoms with Crippen LogP contribution < -0.4 is 5.73 Å². The molecule has 0 unspecified atom stereocenters. The van der Waals surface area contributed by atoms with E-state index < -0.39 is 6.17 Å². The molecule has 0 aromatic heterocycles. The zero-order valence-electron chi connectivity index (χ0n) is 11.6. The summed E-state index contributed by atoms with van der Waals surface area (Å²) in [4.78, 5) is 16.4. The van der Waals surface area contributed by atoms with Crippen LogP contribution in [0.2, 0.25) is 0 Å². The Balaban J connectivity index is 2.25. The Bertz CT molecular complexity index is 752. The monoisotopic (exact) mass is 282 g/mol. The summed E-state index contributed by atoms with van der Waals surface area (Å²) in [6.45, 7) is 1.95. The van der Waals surface area contributed by atoms with E-state index in [1.165, 1.54) is 12.1 Å². The van der Waals surface area contributed by atoms with E-state index in [4.69, 9.17) is 5.73 Å². The molecule has 0 saturated heterocycles. The van der Waals surface area contributed by atoms with Gasteiger partial charge in [-0.25, -0.2) is 4.39 Å². The minimum absolute atomic E-state index is 0.128. The molecule has 0 bridgehead atoms. The summed E-state index contributed by atoms with van der Waals surface area (Å²) in [5.41, 5.74) is 9.83.